The molecule has 0 saturated heterocycles. The van der Waals surface area contributed by atoms with E-state index in [1.807, 2.05) is 51.1 Å². The number of aromatic nitrogens is 2. The number of hydrogen-bond donors (Lipinski definition) is 1. The topological polar surface area (TPSA) is 99.6 Å². The highest BCUT2D eigenvalue weighted by molar-refractivity contribution is 5.93. The molecule has 0 radical (unpaired) electrons. The molecule has 40 heavy (non-hydrogen) atoms. The molecule has 1 amide bonds. The lowest BCUT2D eigenvalue weighted by atomic mass is 9.68. The van der Waals surface area contributed by atoms with Crippen LogP contribution in [0.1, 0.15) is 74.9 Å². The van der Waals surface area contributed by atoms with Crippen LogP contribution in [0.5, 0.6) is 5.88 Å². The molecular formula is C32H39N3O5. The number of amides is 1. The Hall–Kier alpha value is -3.94. The number of hydrogen-bond acceptors (Lipinski definition) is 7. The minimum atomic E-state index is -0.570. The molecule has 0 bridgehead atoms. The van der Waals surface area contributed by atoms with E-state index in [0.29, 0.717) is 25.1 Å². The van der Waals surface area contributed by atoms with E-state index < -0.39 is 17.7 Å². The van der Waals surface area contributed by atoms with Gasteiger partial charge in [0.1, 0.15) is 17.3 Å². The molecule has 0 aliphatic heterocycles. The number of nitrogens with one attached hydrogen (secondary N) is 1. The summed E-state index contributed by atoms with van der Waals surface area (Å²) in [7, 11) is 0. The van der Waals surface area contributed by atoms with Gasteiger partial charge in [0.15, 0.2) is 0 Å². The van der Waals surface area contributed by atoms with Crippen LogP contribution < -0.4 is 10.1 Å². The second-order valence-corrected chi connectivity index (χ2v) is 11.4. The van der Waals surface area contributed by atoms with Crippen molar-refractivity contribution >= 4 is 12.1 Å². The van der Waals surface area contributed by atoms with Crippen LogP contribution in [-0.4, -0.2) is 47.1 Å². The number of rotatable bonds is 8. The van der Waals surface area contributed by atoms with Gasteiger partial charge in [0, 0.05) is 17.5 Å². The number of aryl methyl sites for hydroxylation is 1. The molecule has 1 fully saturated rings. The highest BCUT2D eigenvalue weighted by Crippen LogP contribution is 2.41. The van der Waals surface area contributed by atoms with Gasteiger partial charge in [-0.2, -0.15) is 0 Å². The molecule has 0 atom stereocenters. The van der Waals surface area contributed by atoms with Crippen LogP contribution in [0, 0.1) is 6.92 Å². The molecule has 212 valence electrons. The molecule has 3 aromatic rings. The van der Waals surface area contributed by atoms with Gasteiger partial charge in [-0.3, -0.25) is 0 Å². The molecule has 1 N–H and O–H groups in total. The van der Waals surface area contributed by atoms with Gasteiger partial charge in [0.05, 0.1) is 12.3 Å². The molecule has 2 aromatic carbocycles. The van der Waals surface area contributed by atoms with Gasteiger partial charge in [-0.25, -0.2) is 9.59 Å². The number of nitrogens with zero attached hydrogens (tertiary/aromatic N) is 2. The van der Waals surface area contributed by atoms with Crippen molar-refractivity contribution < 1.29 is 23.8 Å². The van der Waals surface area contributed by atoms with Gasteiger partial charge >= 0.3 is 12.1 Å². The summed E-state index contributed by atoms with van der Waals surface area (Å²) >= 11 is 0. The fourth-order valence-electron chi connectivity index (χ4n) is 5.09. The largest absolute Gasteiger partial charge is 0.473 e. The molecule has 1 aromatic heterocycles. The van der Waals surface area contributed by atoms with Gasteiger partial charge in [0.2, 0.25) is 5.88 Å². The molecule has 0 unspecified atom stereocenters. The maximum atomic E-state index is 12.8. The average Bonchev–Trinajstić information content (AvgIpc) is 2.93. The van der Waals surface area contributed by atoms with Gasteiger partial charge < -0.3 is 19.5 Å². The van der Waals surface area contributed by atoms with E-state index in [9.17, 15) is 9.59 Å². The molecule has 8 heteroatoms. The minimum absolute atomic E-state index is 0.162. The molecule has 4 rings (SSSR count). The molecule has 1 aliphatic carbocycles. The van der Waals surface area contributed by atoms with Crippen molar-refractivity contribution in [2.45, 2.75) is 77.4 Å². The summed E-state index contributed by atoms with van der Waals surface area (Å²) < 4.78 is 17.1. The van der Waals surface area contributed by atoms with E-state index >= 15 is 0 Å². The summed E-state index contributed by atoms with van der Waals surface area (Å²) in [4.78, 5) is 25.4. The van der Waals surface area contributed by atoms with Gasteiger partial charge in [-0.1, -0.05) is 60.2 Å². The van der Waals surface area contributed by atoms with Crippen LogP contribution in [0.3, 0.4) is 0 Å². The van der Waals surface area contributed by atoms with Crippen LogP contribution in [0.15, 0.2) is 60.7 Å². The van der Waals surface area contributed by atoms with Crippen LogP contribution in [0.4, 0.5) is 4.79 Å². The zero-order chi connectivity index (χ0) is 28.8. The van der Waals surface area contributed by atoms with Crippen molar-refractivity contribution in [1.82, 2.24) is 15.5 Å². The quantitative estimate of drug-likeness (QED) is 0.326. The highest BCUT2D eigenvalue weighted by Gasteiger charge is 2.39. The fraction of sp³-hybridized carbons (Fsp3) is 0.438. The maximum absolute atomic E-state index is 12.8. The molecule has 8 nitrogen and oxygen atoms in total. The Morgan fingerprint density at radius 2 is 1.73 bits per heavy atom. The summed E-state index contributed by atoms with van der Waals surface area (Å²) in [5, 5.41) is 11.6. The number of esters is 1. The lowest BCUT2D eigenvalue weighted by Gasteiger charge is -2.41. The van der Waals surface area contributed by atoms with E-state index in [1.54, 1.807) is 13.0 Å². The summed E-state index contributed by atoms with van der Waals surface area (Å²) in [5.41, 5.74) is 3.20. The fourth-order valence-corrected chi connectivity index (χ4v) is 5.09. The molecule has 1 aliphatic rings. The Bertz CT molecular complexity index is 1310. The van der Waals surface area contributed by atoms with E-state index in [2.05, 4.69) is 46.7 Å². The predicted octanol–water partition coefficient (Wildman–Crippen LogP) is 6.41. The maximum Gasteiger partial charge on any atom is 0.407 e. The Kier molecular flexibility index (Phi) is 9.07. The third kappa shape index (κ3) is 7.37. The second kappa shape index (κ2) is 12.5. The predicted molar refractivity (Wildman–Crippen MR) is 153 cm³/mol. The first-order valence-electron chi connectivity index (χ1n) is 13.9. The first kappa shape index (κ1) is 29.1. The first-order chi connectivity index (χ1) is 19.1. The lowest BCUT2D eigenvalue weighted by molar-refractivity contribution is 0.0491. The third-order valence-electron chi connectivity index (χ3n) is 7.09. The number of alkyl carbamates (subject to hydrolysis) is 1. The third-order valence-corrected chi connectivity index (χ3v) is 7.09. The number of ether oxygens (including phenoxy) is 3. The summed E-state index contributed by atoms with van der Waals surface area (Å²) in [6, 6.07) is 19.7. The molecule has 1 heterocycles. The SMILES string of the molecule is CCOC(=O)c1cc(-c2ccccc2)nnc1OC1CCC(CNC(=O)OC(C)(C)C)(c2cccc(C)c2)CC1. The van der Waals surface area contributed by atoms with Gasteiger partial charge in [-0.05, 0) is 71.9 Å². The van der Waals surface area contributed by atoms with Crippen molar-refractivity contribution in [3.63, 3.8) is 0 Å². The first-order valence-corrected chi connectivity index (χ1v) is 13.9. The Morgan fingerprint density at radius 3 is 2.38 bits per heavy atom. The molecule has 0 spiro atoms. The van der Waals surface area contributed by atoms with Gasteiger partial charge in [-0.15, -0.1) is 10.2 Å². The van der Waals surface area contributed by atoms with E-state index in [4.69, 9.17) is 14.2 Å². The Balaban J connectivity index is 1.52. The van der Waals surface area contributed by atoms with E-state index in [0.717, 1.165) is 18.4 Å². The number of carbonyl (C=O) groups excluding carboxylic acids is 2. The molecular weight excluding hydrogens is 506 g/mol. The van der Waals surface area contributed by atoms with Crippen molar-refractivity contribution in [3.8, 4) is 17.1 Å². The van der Waals surface area contributed by atoms with E-state index in [-0.39, 0.29) is 29.6 Å². The monoisotopic (exact) mass is 545 g/mol. The number of carbonyl (C=O) groups is 2. The van der Waals surface area contributed by atoms with Crippen molar-refractivity contribution in [2.75, 3.05) is 13.2 Å². The normalized spacial score (nSPS) is 19.0. The van der Waals surface area contributed by atoms with Crippen LogP contribution in [0.25, 0.3) is 11.3 Å². The smallest absolute Gasteiger partial charge is 0.407 e. The van der Waals surface area contributed by atoms with Crippen molar-refractivity contribution in [2.24, 2.45) is 0 Å². The number of benzene rings is 2. The van der Waals surface area contributed by atoms with Crippen LogP contribution in [0.2, 0.25) is 0 Å². The highest BCUT2D eigenvalue weighted by atomic mass is 16.6. The molecule has 1 saturated carbocycles. The Morgan fingerprint density at radius 1 is 1.00 bits per heavy atom. The standard InChI is InChI=1S/C32H39N3O5/c1-6-38-29(36)26-20-27(23-12-8-7-9-13-23)34-35-28(26)39-25-15-17-32(18-16-25,24-14-10-11-22(2)19-24)21-33-30(37)40-31(3,4)5/h7-14,19-20,25H,6,15-18,21H2,1-5H3,(H,33,37). The average molecular weight is 546 g/mol. The Labute approximate surface area is 236 Å². The van der Waals surface area contributed by atoms with Crippen molar-refractivity contribution in [1.29, 1.82) is 0 Å². The van der Waals surface area contributed by atoms with Crippen LogP contribution in [-0.2, 0) is 14.9 Å². The summed E-state index contributed by atoms with van der Waals surface area (Å²) in [6.45, 7) is 10.1. The van der Waals surface area contributed by atoms with E-state index in [1.165, 1.54) is 11.1 Å². The second-order valence-electron chi connectivity index (χ2n) is 11.4. The van der Waals surface area contributed by atoms with Crippen molar-refractivity contribution in [3.05, 3.63) is 77.4 Å². The van der Waals surface area contributed by atoms with Crippen LogP contribution >= 0.6 is 0 Å². The zero-order valence-corrected chi connectivity index (χ0v) is 24.0. The zero-order valence-electron chi connectivity index (χ0n) is 24.0. The lowest BCUT2D eigenvalue weighted by Crippen LogP contribution is -2.46. The summed E-state index contributed by atoms with van der Waals surface area (Å²) in [5.74, 6) is -0.311. The minimum Gasteiger partial charge on any atom is -0.473 e. The van der Waals surface area contributed by atoms with Gasteiger partial charge in [0.25, 0.3) is 0 Å². The summed E-state index contributed by atoms with van der Waals surface area (Å²) in [6.07, 6.45) is 2.40.